The summed E-state index contributed by atoms with van der Waals surface area (Å²) in [6.45, 7) is 1.34. The van der Waals surface area contributed by atoms with Crippen LogP contribution in [0.3, 0.4) is 0 Å². The van der Waals surface area contributed by atoms with Gasteiger partial charge >= 0.3 is 10.2 Å². The number of nitrogens with zero attached hydrogens (tertiary/aromatic N) is 2. The summed E-state index contributed by atoms with van der Waals surface area (Å²) >= 11 is 0. The number of carbonyl (C=O) groups is 1. The van der Waals surface area contributed by atoms with Crippen LogP contribution >= 0.6 is 0 Å². The summed E-state index contributed by atoms with van der Waals surface area (Å²) in [6, 6.07) is 20.9. The molecule has 0 saturated carbocycles. The number of sulfonamides is 1. The van der Waals surface area contributed by atoms with Crippen molar-refractivity contribution in [3.8, 4) is 0 Å². The molecule has 34 heavy (non-hydrogen) atoms. The van der Waals surface area contributed by atoms with Gasteiger partial charge in [-0.25, -0.2) is 12.7 Å². The van der Waals surface area contributed by atoms with Gasteiger partial charge in [-0.1, -0.05) is 36.4 Å². The van der Waals surface area contributed by atoms with Crippen molar-refractivity contribution in [3.05, 3.63) is 84.4 Å². The topological polar surface area (TPSA) is 116 Å². The molecule has 0 atom stereocenters. The zero-order valence-corrected chi connectivity index (χ0v) is 20.6. The van der Waals surface area contributed by atoms with Gasteiger partial charge in [0.2, 0.25) is 5.91 Å². The van der Waals surface area contributed by atoms with E-state index in [1.165, 1.54) is 38.4 Å². The van der Waals surface area contributed by atoms with Crippen LogP contribution in [0.1, 0.15) is 5.56 Å². The van der Waals surface area contributed by atoms with Crippen LogP contribution in [0.2, 0.25) is 0 Å². The quantitative estimate of drug-likeness (QED) is 0.467. The molecule has 0 aliphatic rings. The summed E-state index contributed by atoms with van der Waals surface area (Å²) in [4.78, 5) is 12.7. The molecule has 0 radical (unpaired) electrons. The van der Waals surface area contributed by atoms with Gasteiger partial charge in [0.05, 0.1) is 16.3 Å². The Morgan fingerprint density at radius 3 is 2.00 bits per heavy atom. The Morgan fingerprint density at radius 2 is 1.41 bits per heavy atom. The Kier molecular flexibility index (Phi) is 7.60. The molecule has 0 unspecified atom stereocenters. The second kappa shape index (κ2) is 10.2. The summed E-state index contributed by atoms with van der Waals surface area (Å²) in [6.07, 6.45) is 0. The van der Waals surface area contributed by atoms with Crippen molar-refractivity contribution in [3.63, 3.8) is 0 Å². The maximum Gasteiger partial charge on any atom is 0.304 e. The fourth-order valence-corrected chi connectivity index (χ4v) is 5.23. The minimum Gasteiger partial charge on any atom is -0.325 e. The number of aryl methyl sites for hydroxylation is 1. The van der Waals surface area contributed by atoms with Crippen LogP contribution in [0.25, 0.3) is 0 Å². The third-order valence-electron chi connectivity index (χ3n) is 4.91. The molecule has 2 N–H and O–H groups in total. The Bertz CT molecular complexity index is 1360. The molecule has 0 fully saturated rings. The van der Waals surface area contributed by atoms with E-state index in [-0.39, 0.29) is 4.90 Å². The van der Waals surface area contributed by atoms with Crippen LogP contribution in [-0.4, -0.2) is 47.7 Å². The first kappa shape index (κ1) is 25.2. The lowest BCUT2D eigenvalue weighted by Gasteiger charge is -2.26. The molecular formula is C23H26N4O5S2. The third-order valence-corrected chi connectivity index (χ3v) is 8.11. The SMILES string of the molecule is Cc1ccccc1NS(=O)(=O)c1ccc(NC(=O)CN(c2ccccc2)S(=O)(=O)N(C)C)cc1. The Hall–Kier alpha value is -3.41. The molecule has 3 aromatic rings. The molecule has 11 heteroatoms. The lowest BCUT2D eigenvalue weighted by atomic mass is 10.2. The molecule has 1 amide bonds. The van der Waals surface area contributed by atoms with Crippen molar-refractivity contribution < 1.29 is 21.6 Å². The normalized spacial score (nSPS) is 11.8. The first-order valence-corrected chi connectivity index (χ1v) is 13.1. The number of nitrogens with one attached hydrogen (secondary N) is 2. The minimum absolute atomic E-state index is 0.0230. The smallest absolute Gasteiger partial charge is 0.304 e. The van der Waals surface area contributed by atoms with Gasteiger partial charge in [0.15, 0.2) is 0 Å². The van der Waals surface area contributed by atoms with Gasteiger partial charge in [-0.15, -0.1) is 0 Å². The number of anilines is 3. The highest BCUT2D eigenvalue weighted by Gasteiger charge is 2.27. The number of hydrogen-bond acceptors (Lipinski definition) is 5. The van der Waals surface area contributed by atoms with Crippen LogP contribution in [0.5, 0.6) is 0 Å². The highest BCUT2D eigenvalue weighted by atomic mass is 32.2. The predicted octanol–water partition coefficient (Wildman–Crippen LogP) is 3.05. The number of para-hydroxylation sites is 2. The van der Waals surface area contributed by atoms with E-state index < -0.39 is 32.7 Å². The summed E-state index contributed by atoms with van der Waals surface area (Å²) in [5.41, 5.74) is 1.93. The standard InChI is InChI=1S/C23H26N4O5S2/c1-18-9-7-8-12-22(18)25-33(29,30)21-15-13-19(14-16-21)24-23(28)17-27(34(31,32)26(2)3)20-10-5-4-6-11-20/h4-16,25H,17H2,1-3H3,(H,24,28). The van der Waals surface area contributed by atoms with Crippen molar-refractivity contribution in [1.82, 2.24) is 4.31 Å². The van der Waals surface area contributed by atoms with Gasteiger partial charge in [0.25, 0.3) is 10.0 Å². The minimum atomic E-state index is -3.92. The van der Waals surface area contributed by atoms with Crippen LogP contribution < -0.4 is 14.3 Å². The van der Waals surface area contributed by atoms with Crippen molar-refractivity contribution in [2.75, 3.05) is 35.0 Å². The molecule has 0 saturated heterocycles. The summed E-state index contributed by atoms with van der Waals surface area (Å²) in [5, 5.41) is 2.61. The van der Waals surface area contributed by atoms with Crippen LogP contribution in [-0.2, 0) is 25.0 Å². The molecular weight excluding hydrogens is 476 g/mol. The van der Waals surface area contributed by atoms with Crippen LogP contribution in [0.15, 0.2) is 83.8 Å². The molecule has 0 heterocycles. The van der Waals surface area contributed by atoms with Crippen molar-refractivity contribution in [1.29, 1.82) is 0 Å². The molecule has 0 spiro atoms. The monoisotopic (exact) mass is 502 g/mol. The van der Waals surface area contributed by atoms with Gasteiger partial charge < -0.3 is 5.32 Å². The molecule has 9 nitrogen and oxygen atoms in total. The van der Waals surface area contributed by atoms with Crippen LogP contribution in [0.4, 0.5) is 17.1 Å². The van der Waals surface area contributed by atoms with E-state index in [2.05, 4.69) is 10.0 Å². The highest BCUT2D eigenvalue weighted by molar-refractivity contribution is 7.92. The molecule has 3 aromatic carbocycles. The van der Waals surface area contributed by atoms with E-state index in [4.69, 9.17) is 0 Å². The highest BCUT2D eigenvalue weighted by Crippen LogP contribution is 2.22. The summed E-state index contributed by atoms with van der Waals surface area (Å²) in [7, 11) is -4.98. The second-order valence-corrected chi connectivity index (χ2v) is 11.4. The molecule has 180 valence electrons. The Morgan fingerprint density at radius 1 is 0.824 bits per heavy atom. The Labute approximate surface area is 200 Å². The van der Waals surface area contributed by atoms with Crippen LogP contribution in [0, 0.1) is 6.92 Å². The number of amides is 1. The van der Waals surface area contributed by atoms with E-state index in [1.807, 2.05) is 6.07 Å². The summed E-state index contributed by atoms with van der Waals surface area (Å²) in [5.74, 6) is -0.581. The van der Waals surface area contributed by atoms with Gasteiger partial charge in [-0.05, 0) is 55.0 Å². The molecule has 0 aromatic heterocycles. The number of benzene rings is 3. The Balaban J connectivity index is 1.74. The second-order valence-electron chi connectivity index (χ2n) is 7.63. The number of carbonyl (C=O) groups excluding carboxylic acids is 1. The van der Waals surface area contributed by atoms with E-state index in [9.17, 15) is 21.6 Å². The molecule has 0 aliphatic heterocycles. The molecule has 0 bridgehead atoms. The zero-order valence-electron chi connectivity index (χ0n) is 19.0. The van der Waals surface area contributed by atoms with Gasteiger partial charge in [-0.2, -0.15) is 12.7 Å². The third kappa shape index (κ3) is 5.93. The fraction of sp³-hybridized carbons (Fsp3) is 0.174. The number of rotatable bonds is 9. The molecule has 0 aliphatic carbocycles. The van der Waals surface area contributed by atoms with E-state index in [0.29, 0.717) is 17.1 Å². The average Bonchev–Trinajstić information content (AvgIpc) is 2.79. The van der Waals surface area contributed by atoms with E-state index in [0.717, 1.165) is 14.2 Å². The number of hydrogen-bond donors (Lipinski definition) is 2. The first-order chi connectivity index (χ1) is 16.0. The van der Waals surface area contributed by atoms with Gasteiger partial charge in [0, 0.05) is 19.8 Å². The lowest BCUT2D eigenvalue weighted by molar-refractivity contribution is -0.114. The average molecular weight is 503 g/mol. The lowest BCUT2D eigenvalue weighted by Crippen LogP contribution is -2.44. The largest absolute Gasteiger partial charge is 0.325 e. The van der Waals surface area contributed by atoms with E-state index in [1.54, 1.807) is 55.5 Å². The molecule has 3 rings (SSSR count). The maximum atomic E-state index is 12.7. The fourth-order valence-electron chi connectivity index (χ4n) is 3.04. The summed E-state index contributed by atoms with van der Waals surface area (Å²) < 4.78 is 55.4. The predicted molar refractivity (Wildman–Crippen MR) is 133 cm³/mol. The maximum absolute atomic E-state index is 12.7. The van der Waals surface area contributed by atoms with Crippen molar-refractivity contribution >= 4 is 43.2 Å². The van der Waals surface area contributed by atoms with Crippen molar-refractivity contribution in [2.24, 2.45) is 0 Å². The zero-order chi connectivity index (χ0) is 24.9. The van der Waals surface area contributed by atoms with Gasteiger partial charge in [0.1, 0.15) is 6.54 Å². The van der Waals surface area contributed by atoms with Crippen molar-refractivity contribution in [2.45, 2.75) is 11.8 Å². The van der Waals surface area contributed by atoms with Gasteiger partial charge in [-0.3, -0.25) is 9.52 Å². The van der Waals surface area contributed by atoms with E-state index >= 15 is 0 Å². The first-order valence-electron chi connectivity index (χ1n) is 10.2.